The number of nitrogens with zero attached hydrogens (tertiary/aromatic N) is 6. The van der Waals surface area contributed by atoms with Crippen molar-refractivity contribution in [3.63, 3.8) is 0 Å². The van der Waals surface area contributed by atoms with Crippen molar-refractivity contribution >= 4 is 17.2 Å². The highest BCUT2D eigenvalue weighted by atomic mass is 32.1. The van der Waals surface area contributed by atoms with Gasteiger partial charge in [0.15, 0.2) is 0 Å². The van der Waals surface area contributed by atoms with Crippen LogP contribution in [0, 0.1) is 0 Å². The Kier molecular flexibility index (Phi) is 5.64. The zero-order valence-electron chi connectivity index (χ0n) is 17.4. The molecule has 0 saturated carbocycles. The van der Waals surface area contributed by atoms with E-state index in [0.29, 0.717) is 5.00 Å². The Hall–Kier alpha value is -4.31. The molecule has 33 heavy (non-hydrogen) atoms. The lowest BCUT2D eigenvalue weighted by molar-refractivity contribution is -0.122. The number of hydrogen-bond donors (Lipinski definition) is 1. The van der Waals surface area contributed by atoms with E-state index in [1.165, 1.54) is 16.0 Å². The van der Waals surface area contributed by atoms with Crippen molar-refractivity contribution < 1.29 is 4.79 Å². The molecule has 0 aliphatic rings. The molecule has 0 fully saturated rings. The maximum absolute atomic E-state index is 12.6. The van der Waals surface area contributed by atoms with Crippen LogP contribution >= 0.6 is 11.3 Å². The third-order valence-electron chi connectivity index (χ3n) is 4.98. The zero-order chi connectivity index (χ0) is 22.6. The molecule has 2 aromatic carbocycles. The fourth-order valence-electron chi connectivity index (χ4n) is 3.38. The Labute approximate surface area is 192 Å². The number of carbonyl (C=O) groups is 1. The van der Waals surface area contributed by atoms with E-state index in [1.807, 2.05) is 78.3 Å². The van der Waals surface area contributed by atoms with Gasteiger partial charge in [0.2, 0.25) is 5.91 Å². The SMILES string of the molecule is O=C(Cn1nnn(-c2cccs2)c1=O)NCc1cn(-c2ccccc2)nc1-c1ccccc1. The number of tetrazole rings is 1. The first-order chi connectivity index (χ1) is 16.2. The van der Waals surface area contributed by atoms with Gasteiger partial charge in [-0.15, -0.1) is 11.3 Å². The summed E-state index contributed by atoms with van der Waals surface area (Å²) >= 11 is 1.37. The number of aromatic nitrogens is 6. The van der Waals surface area contributed by atoms with Crippen LogP contribution in [0.2, 0.25) is 0 Å². The molecule has 0 aliphatic carbocycles. The number of nitrogens with one attached hydrogen (secondary N) is 1. The normalized spacial score (nSPS) is 10.9. The van der Waals surface area contributed by atoms with Crippen LogP contribution in [-0.4, -0.2) is 35.5 Å². The quantitative estimate of drug-likeness (QED) is 0.405. The predicted octanol–water partition coefficient (Wildman–Crippen LogP) is 2.66. The number of hydrogen-bond acceptors (Lipinski definition) is 6. The van der Waals surface area contributed by atoms with E-state index in [4.69, 9.17) is 5.10 Å². The zero-order valence-corrected chi connectivity index (χ0v) is 18.2. The van der Waals surface area contributed by atoms with Crippen LogP contribution in [0.1, 0.15) is 5.56 Å². The topological polar surface area (TPSA) is 99.6 Å². The van der Waals surface area contributed by atoms with Gasteiger partial charge in [-0.25, -0.2) is 9.48 Å². The first-order valence-electron chi connectivity index (χ1n) is 10.2. The van der Waals surface area contributed by atoms with Crippen molar-refractivity contribution in [3.8, 4) is 21.9 Å². The van der Waals surface area contributed by atoms with E-state index < -0.39 is 5.69 Å². The summed E-state index contributed by atoms with van der Waals surface area (Å²) in [6.45, 7) is 0.0292. The summed E-state index contributed by atoms with van der Waals surface area (Å²) in [5, 5.41) is 17.8. The molecule has 3 aromatic heterocycles. The van der Waals surface area contributed by atoms with E-state index in [9.17, 15) is 9.59 Å². The van der Waals surface area contributed by atoms with Crippen molar-refractivity contribution in [2.75, 3.05) is 0 Å². The molecule has 0 aliphatic heterocycles. The van der Waals surface area contributed by atoms with Gasteiger partial charge >= 0.3 is 5.69 Å². The highest BCUT2D eigenvalue weighted by Gasteiger charge is 2.15. The maximum Gasteiger partial charge on any atom is 0.369 e. The van der Waals surface area contributed by atoms with E-state index in [0.717, 1.165) is 27.2 Å². The van der Waals surface area contributed by atoms with Crippen LogP contribution in [0.25, 0.3) is 21.9 Å². The molecule has 0 saturated heterocycles. The second-order valence-electron chi connectivity index (χ2n) is 7.21. The molecule has 3 heterocycles. The fourth-order valence-corrected chi connectivity index (χ4v) is 4.05. The molecular formula is C23H19N7O2S. The lowest BCUT2D eigenvalue weighted by atomic mass is 10.1. The number of para-hydroxylation sites is 1. The summed E-state index contributed by atoms with van der Waals surface area (Å²) < 4.78 is 4.01. The van der Waals surface area contributed by atoms with E-state index in [-0.39, 0.29) is 19.0 Å². The van der Waals surface area contributed by atoms with Crippen LogP contribution in [0.3, 0.4) is 0 Å². The van der Waals surface area contributed by atoms with Gasteiger partial charge in [-0.3, -0.25) is 4.79 Å². The van der Waals surface area contributed by atoms with Crippen LogP contribution in [0.4, 0.5) is 0 Å². The molecule has 5 aromatic rings. The lowest BCUT2D eigenvalue weighted by Crippen LogP contribution is -2.33. The van der Waals surface area contributed by atoms with E-state index >= 15 is 0 Å². The molecule has 9 nitrogen and oxygen atoms in total. The number of carbonyl (C=O) groups excluding carboxylic acids is 1. The minimum atomic E-state index is -0.463. The monoisotopic (exact) mass is 457 g/mol. The van der Waals surface area contributed by atoms with Gasteiger partial charge in [-0.05, 0) is 40.1 Å². The summed E-state index contributed by atoms with van der Waals surface area (Å²) in [7, 11) is 0. The summed E-state index contributed by atoms with van der Waals surface area (Å²) in [4.78, 5) is 25.1. The predicted molar refractivity (Wildman–Crippen MR) is 124 cm³/mol. The Balaban J connectivity index is 1.34. The van der Waals surface area contributed by atoms with Gasteiger partial charge in [0.05, 0.1) is 11.4 Å². The Morgan fingerprint density at radius 1 is 0.939 bits per heavy atom. The number of amides is 1. The molecule has 5 rings (SSSR count). The Morgan fingerprint density at radius 3 is 2.42 bits per heavy atom. The maximum atomic E-state index is 12.6. The molecule has 0 unspecified atom stereocenters. The standard InChI is InChI=1S/C23H19N7O2S/c31-20(16-29-23(32)30(27-26-29)21-12-7-13-33-21)24-14-18-15-28(19-10-5-2-6-11-19)25-22(18)17-8-3-1-4-9-17/h1-13,15H,14,16H2,(H,24,31). The molecule has 1 amide bonds. The van der Waals surface area contributed by atoms with Crippen molar-refractivity contribution in [1.29, 1.82) is 0 Å². The summed E-state index contributed by atoms with van der Waals surface area (Å²) in [5.74, 6) is -0.346. The second-order valence-corrected chi connectivity index (χ2v) is 8.13. The minimum absolute atomic E-state index is 0.225. The molecule has 1 N–H and O–H groups in total. The molecule has 10 heteroatoms. The van der Waals surface area contributed by atoms with Crippen molar-refractivity contribution in [2.45, 2.75) is 13.1 Å². The largest absolute Gasteiger partial charge is 0.369 e. The van der Waals surface area contributed by atoms with Gasteiger partial charge < -0.3 is 5.32 Å². The van der Waals surface area contributed by atoms with E-state index in [1.54, 1.807) is 10.7 Å². The summed E-state index contributed by atoms with van der Waals surface area (Å²) in [5.41, 5.74) is 3.04. The fraction of sp³-hybridized carbons (Fsp3) is 0.0870. The Bertz CT molecular complexity index is 1420. The summed E-state index contributed by atoms with van der Waals surface area (Å²) in [6.07, 6.45) is 1.90. The van der Waals surface area contributed by atoms with Gasteiger partial charge in [-0.1, -0.05) is 48.5 Å². The third kappa shape index (κ3) is 4.37. The number of thiophene rings is 1. The number of rotatable bonds is 7. The van der Waals surface area contributed by atoms with Gasteiger partial charge in [0.1, 0.15) is 11.5 Å². The summed E-state index contributed by atoms with van der Waals surface area (Å²) in [6, 6.07) is 23.1. The smallest absolute Gasteiger partial charge is 0.350 e. The molecule has 0 spiro atoms. The second kappa shape index (κ2) is 9.05. The molecule has 0 bridgehead atoms. The molecular weight excluding hydrogens is 438 g/mol. The number of benzene rings is 2. The van der Waals surface area contributed by atoms with Crippen LogP contribution in [0.5, 0.6) is 0 Å². The van der Waals surface area contributed by atoms with E-state index in [2.05, 4.69) is 15.7 Å². The average Bonchev–Trinajstić information content (AvgIpc) is 3.60. The highest BCUT2D eigenvalue weighted by molar-refractivity contribution is 7.12. The van der Waals surface area contributed by atoms with Crippen molar-refractivity contribution in [2.24, 2.45) is 0 Å². The van der Waals surface area contributed by atoms with Crippen molar-refractivity contribution in [3.05, 3.63) is 100 Å². The first kappa shape index (κ1) is 20.6. The Morgan fingerprint density at radius 2 is 1.70 bits per heavy atom. The highest BCUT2D eigenvalue weighted by Crippen LogP contribution is 2.23. The van der Waals surface area contributed by atoms with Gasteiger partial charge in [-0.2, -0.15) is 14.5 Å². The third-order valence-corrected chi connectivity index (χ3v) is 5.83. The first-order valence-corrected chi connectivity index (χ1v) is 11.1. The van der Waals surface area contributed by atoms with Gasteiger partial charge in [0.25, 0.3) is 0 Å². The van der Waals surface area contributed by atoms with Crippen LogP contribution in [-0.2, 0) is 17.9 Å². The molecule has 164 valence electrons. The van der Waals surface area contributed by atoms with Crippen LogP contribution < -0.4 is 11.0 Å². The average molecular weight is 458 g/mol. The lowest BCUT2D eigenvalue weighted by Gasteiger charge is -2.05. The minimum Gasteiger partial charge on any atom is -0.350 e. The van der Waals surface area contributed by atoms with Crippen LogP contribution in [0.15, 0.2) is 89.2 Å². The molecule has 0 radical (unpaired) electrons. The van der Waals surface area contributed by atoms with Crippen molar-refractivity contribution in [1.82, 2.24) is 34.9 Å². The molecule has 0 atom stereocenters. The van der Waals surface area contributed by atoms with Gasteiger partial charge in [0, 0.05) is 23.9 Å².